The maximum atomic E-state index is 13.5. The molecule has 2 aromatic carbocycles. The Kier molecular flexibility index (Phi) is 9.86. The molecule has 1 aliphatic rings. The lowest BCUT2D eigenvalue weighted by atomic mass is 10.0. The van der Waals surface area contributed by atoms with Gasteiger partial charge in [-0.3, -0.25) is 9.59 Å². The van der Waals surface area contributed by atoms with E-state index in [1.807, 2.05) is 30.3 Å². The molecule has 10 heteroatoms. The molecule has 1 fully saturated rings. The molecule has 0 heterocycles. The van der Waals surface area contributed by atoms with E-state index in [-0.39, 0.29) is 42.0 Å². The average molecular weight is 518 g/mol. The number of hydrogen-bond acceptors (Lipinski definition) is 6. The number of carbonyl (C=O) groups excluding carboxylic acids is 2. The highest BCUT2D eigenvalue weighted by molar-refractivity contribution is 7.89. The van der Waals surface area contributed by atoms with Gasteiger partial charge in [0.25, 0.3) is 0 Å². The predicted octanol–water partition coefficient (Wildman–Crippen LogP) is 1.71. The number of benzene rings is 2. The standard InChI is InChI=1S/C26H35N3O6S/c1-27-25(31)13-14-26(32)28-23(15-19-7-4-3-5-8-19)24(30)18-29(17-20-11-12-20)36(33,34)22-10-6-9-21(16-22)35-2/h3-10,16,20,23-24,30H,11-15,17-18H2,1-2H3,(H,27,31)(H,28,32). The van der Waals surface area contributed by atoms with Crippen LogP contribution in [0, 0.1) is 5.92 Å². The zero-order valence-electron chi connectivity index (χ0n) is 20.7. The molecule has 2 unspecified atom stereocenters. The molecule has 0 aliphatic heterocycles. The van der Waals surface area contributed by atoms with Crippen LogP contribution in [0.15, 0.2) is 59.5 Å². The van der Waals surface area contributed by atoms with Crippen molar-refractivity contribution >= 4 is 21.8 Å². The maximum Gasteiger partial charge on any atom is 0.243 e. The molecule has 1 saturated carbocycles. The summed E-state index contributed by atoms with van der Waals surface area (Å²) in [4.78, 5) is 24.2. The number of hydrogen-bond donors (Lipinski definition) is 3. The molecule has 9 nitrogen and oxygen atoms in total. The Morgan fingerprint density at radius 2 is 1.78 bits per heavy atom. The SMILES string of the molecule is CNC(=O)CCC(=O)NC(Cc1ccccc1)C(O)CN(CC1CC1)S(=O)(=O)c1cccc(OC)c1. The highest BCUT2D eigenvalue weighted by Gasteiger charge is 2.35. The van der Waals surface area contributed by atoms with Crippen LogP contribution < -0.4 is 15.4 Å². The van der Waals surface area contributed by atoms with E-state index in [0.29, 0.717) is 18.7 Å². The number of carbonyl (C=O) groups is 2. The molecule has 2 aromatic rings. The van der Waals surface area contributed by atoms with Gasteiger partial charge in [-0.15, -0.1) is 0 Å². The number of methoxy groups -OCH3 is 1. The molecule has 0 saturated heterocycles. The summed E-state index contributed by atoms with van der Waals surface area (Å²) < 4.78 is 33.6. The van der Waals surface area contributed by atoms with E-state index in [2.05, 4.69) is 10.6 Å². The second-order valence-electron chi connectivity index (χ2n) is 9.05. The van der Waals surface area contributed by atoms with Crippen LogP contribution in [0.2, 0.25) is 0 Å². The average Bonchev–Trinajstić information content (AvgIpc) is 3.71. The molecule has 36 heavy (non-hydrogen) atoms. The number of amides is 2. The minimum absolute atomic E-state index is 0.0223. The fourth-order valence-electron chi connectivity index (χ4n) is 3.89. The van der Waals surface area contributed by atoms with Crippen LogP contribution in [0.5, 0.6) is 5.75 Å². The number of sulfonamides is 1. The van der Waals surface area contributed by atoms with Crippen molar-refractivity contribution < 1.29 is 27.9 Å². The molecule has 3 rings (SSSR count). The van der Waals surface area contributed by atoms with Crippen molar-refractivity contribution in [3.8, 4) is 5.75 Å². The molecule has 3 N–H and O–H groups in total. The number of aliphatic hydroxyl groups is 1. The Hall–Kier alpha value is -2.95. The van der Waals surface area contributed by atoms with Crippen molar-refractivity contribution in [3.63, 3.8) is 0 Å². The van der Waals surface area contributed by atoms with E-state index in [1.54, 1.807) is 12.1 Å². The number of rotatable bonds is 14. The lowest BCUT2D eigenvalue weighted by Crippen LogP contribution is -2.51. The van der Waals surface area contributed by atoms with E-state index in [9.17, 15) is 23.1 Å². The Morgan fingerprint density at radius 1 is 1.08 bits per heavy atom. The van der Waals surface area contributed by atoms with E-state index >= 15 is 0 Å². The summed E-state index contributed by atoms with van der Waals surface area (Å²) in [6.07, 6.45) is 0.992. The smallest absolute Gasteiger partial charge is 0.243 e. The predicted molar refractivity (Wildman–Crippen MR) is 136 cm³/mol. The van der Waals surface area contributed by atoms with Crippen LogP contribution in [0.3, 0.4) is 0 Å². The normalized spacial score (nSPS) is 15.2. The Labute approximate surface area is 212 Å². The molecule has 0 aromatic heterocycles. The maximum absolute atomic E-state index is 13.5. The van der Waals surface area contributed by atoms with E-state index < -0.39 is 22.2 Å². The summed E-state index contributed by atoms with van der Waals surface area (Å²) in [7, 11) is -0.946. The fraction of sp³-hybridized carbons (Fsp3) is 0.462. The number of nitrogens with zero attached hydrogens (tertiary/aromatic N) is 1. The molecular formula is C26H35N3O6S. The number of aliphatic hydroxyl groups excluding tert-OH is 1. The van der Waals surface area contributed by atoms with Gasteiger partial charge in [-0.25, -0.2) is 8.42 Å². The van der Waals surface area contributed by atoms with Crippen LogP contribution >= 0.6 is 0 Å². The van der Waals surface area contributed by atoms with Gasteiger partial charge in [-0.1, -0.05) is 36.4 Å². The lowest BCUT2D eigenvalue weighted by Gasteiger charge is -2.30. The first-order valence-electron chi connectivity index (χ1n) is 12.1. The van der Waals surface area contributed by atoms with Crippen LogP contribution in [-0.2, 0) is 26.0 Å². The summed E-state index contributed by atoms with van der Waals surface area (Å²) in [5, 5.41) is 16.5. The van der Waals surface area contributed by atoms with Gasteiger partial charge in [-0.2, -0.15) is 4.31 Å². The van der Waals surface area contributed by atoms with Gasteiger partial charge in [0.2, 0.25) is 21.8 Å². The van der Waals surface area contributed by atoms with Crippen molar-refractivity contribution in [2.75, 3.05) is 27.2 Å². The van der Waals surface area contributed by atoms with Crippen molar-refractivity contribution in [2.24, 2.45) is 5.92 Å². The van der Waals surface area contributed by atoms with E-state index in [1.165, 1.54) is 30.6 Å². The van der Waals surface area contributed by atoms with Crippen LogP contribution in [0.1, 0.15) is 31.2 Å². The quantitative estimate of drug-likeness (QED) is 0.350. The number of ether oxygens (including phenoxy) is 1. The first kappa shape index (κ1) is 27.6. The van der Waals surface area contributed by atoms with E-state index in [0.717, 1.165) is 18.4 Å². The second-order valence-corrected chi connectivity index (χ2v) is 11.0. The van der Waals surface area contributed by atoms with Crippen LogP contribution in [0.4, 0.5) is 0 Å². The molecule has 0 spiro atoms. The third kappa shape index (κ3) is 8.04. The summed E-state index contributed by atoms with van der Waals surface area (Å²) in [6.45, 7) is 0.114. The Bertz CT molecular complexity index is 1120. The van der Waals surface area contributed by atoms with Crippen molar-refractivity contribution in [3.05, 3.63) is 60.2 Å². The van der Waals surface area contributed by atoms with Crippen molar-refractivity contribution in [2.45, 2.75) is 49.1 Å². The summed E-state index contributed by atoms with van der Waals surface area (Å²) in [5.74, 6) is 0.0221. The zero-order chi connectivity index (χ0) is 26.1. The van der Waals surface area contributed by atoms with Crippen molar-refractivity contribution in [1.82, 2.24) is 14.9 Å². The van der Waals surface area contributed by atoms with Gasteiger partial charge >= 0.3 is 0 Å². The van der Waals surface area contributed by atoms with Gasteiger partial charge < -0.3 is 20.5 Å². The van der Waals surface area contributed by atoms with Crippen LogP contribution in [0.25, 0.3) is 0 Å². The first-order chi connectivity index (χ1) is 17.2. The molecule has 2 amide bonds. The van der Waals surface area contributed by atoms with Crippen molar-refractivity contribution in [1.29, 1.82) is 0 Å². The molecule has 0 radical (unpaired) electrons. The minimum atomic E-state index is -3.92. The lowest BCUT2D eigenvalue weighted by molar-refractivity contribution is -0.127. The summed E-state index contributed by atoms with van der Waals surface area (Å²) >= 11 is 0. The monoisotopic (exact) mass is 517 g/mol. The first-order valence-corrected chi connectivity index (χ1v) is 13.5. The summed E-state index contributed by atoms with van der Waals surface area (Å²) in [5.41, 5.74) is 0.887. The zero-order valence-corrected chi connectivity index (χ0v) is 21.5. The van der Waals surface area contributed by atoms with Gasteiger partial charge in [-0.05, 0) is 42.9 Å². The topological polar surface area (TPSA) is 125 Å². The minimum Gasteiger partial charge on any atom is -0.497 e. The summed E-state index contributed by atoms with van der Waals surface area (Å²) in [6, 6.07) is 14.9. The Morgan fingerprint density at radius 3 is 2.42 bits per heavy atom. The highest BCUT2D eigenvalue weighted by atomic mass is 32.2. The molecular weight excluding hydrogens is 482 g/mol. The largest absolute Gasteiger partial charge is 0.497 e. The second kappa shape index (κ2) is 12.8. The molecule has 0 bridgehead atoms. The Balaban J connectivity index is 1.80. The number of nitrogens with one attached hydrogen (secondary N) is 2. The fourth-order valence-corrected chi connectivity index (χ4v) is 5.46. The molecule has 196 valence electrons. The molecule has 1 aliphatic carbocycles. The van der Waals surface area contributed by atoms with Gasteiger partial charge in [0.1, 0.15) is 5.75 Å². The third-order valence-corrected chi connectivity index (χ3v) is 8.02. The highest BCUT2D eigenvalue weighted by Crippen LogP contribution is 2.32. The van der Waals surface area contributed by atoms with Gasteiger partial charge in [0.15, 0.2) is 0 Å². The van der Waals surface area contributed by atoms with Gasteiger partial charge in [0, 0.05) is 39.0 Å². The van der Waals surface area contributed by atoms with Crippen LogP contribution in [-0.4, -0.2) is 69.0 Å². The van der Waals surface area contributed by atoms with Gasteiger partial charge in [0.05, 0.1) is 24.2 Å². The molecule has 2 atom stereocenters. The third-order valence-electron chi connectivity index (χ3n) is 6.20. The van der Waals surface area contributed by atoms with E-state index in [4.69, 9.17) is 4.74 Å².